The number of nitro benzene ring substituents is 1. The molecule has 7 heteroatoms. The Bertz CT molecular complexity index is 1010. The number of rotatable bonds is 4. The summed E-state index contributed by atoms with van der Waals surface area (Å²) >= 11 is 1.59. The van der Waals surface area contributed by atoms with Crippen LogP contribution in [0.5, 0.6) is 5.75 Å². The van der Waals surface area contributed by atoms with Crippen LogP contribution in [0.3, 0.4) is 0 Å². The van der Waals surface area contributed by atoms with Crippen LogP contribution in [0.1, 0.15) is 16.0 Å². The fraction of sp³-hybridized carbons (Fsp3) is 0.158. The molecule has 4 rings (SSSR count). The number of aromatic nitrogens is 1. The van der Waals surface area contributed by atoms with Crippen molar-refractivity contribution in [3.63, 3.8) is 0 Å². The van der Waals surface area contributed by atoms with Gasteiger partial charge in [0, 0.05) is 28.8 Å². The molecular formula is C19H15N3O3S. The molecule has 2 aromatic carbocycles. The highest BCUT2D eigenvalue weighted by atomic mass is 32.1. The summed E-state index contributed by atoms with van der Waals surface area (Å²) in [5.74, 6) is 0.860. The van der Waals surface area contributed by atoms with Crippen LogP contribution >= 0.6 is 11.3 Å². The molecule has 0 N–H and O–H groups in total. The summed E-state index contributed by atoms with van der Waals surface area (Å²) < 4.78 is 5.30. The van der Waals surface area contributed by atoms with Gasteiger partial charge >= 0.3 is 0 Å². The molecule has 26 heavy (non-hydrogen) atoms. The number of fused-ring (bicyclic) bond motifs is 3. The van der Waals surface area contributed by atoms with Gasteiger partial charge in [-0.15, -0.1) is 0 Å². The monoisotopic (exact) mass is 365 g/mol. The third kappa shape index (κ3) is 3.09. The zero-order valence-electron chi connectivity index (χ0n) is 14.0. The topological polar surface area (TPSA) is 77.6 Å². The summed E-state index contributed by atoms with van der Waals surface area (Å²) in [5.41, 5.74) is 4.25. The van der Waals surface area contributed by atoms with Crippen molar-refractivity contribution in [1.82, 2.24) is 4.98 Å². The standard InChI is InChI=1S/C19H15N3O3S/c1-25-15-7-8-16-13(10-15)4-9-17-18(16)21-19(26-17)20-11-12-2-5-14(6-3-12)22(23)24/h2-3,5-8,10-11H,4,9H2,1H3/b20-11+. The van der Waals surface area contributed by atoms with Gasteiger partial charge in [-0.05, 0) is 54.3 Å². The molecule has 0 fully saturated rings. The number of nitro groups is 1. The first kappa shape index (κ1) is 16.4. The van der Waals surface area contributed by atoms with E-state index >= 15 is 0 Å². The van der Waals surface area contributed by atoms with Crippen molar-refractivity contribution in [2.75, 3.05) is 7.11 Å². The second-order valence-electron chi connectivity index (χ2n) is 5.90. The second kappa shape index (κ2) is 6.68. The van der Waals surface area contributed by atoms with E-state index in [-0.39, 0.29) is 5.69 Å². The Morgan fingerprint density at radius 2 is 2.04 bits per heavy atom. The molecule has 1 aliphatic carbocycles. The van der Waals surface area contributed by atoms with E-state index < -0.39 is 4.92 Å². The Hall–Kier alpha value is -3.06. The van der Waals surface area contributed by atoms with Crippen molar-refractivity contribution < 1.29 is 9.66 Å². The van der Waals surface area contributed by atoms with Crippen molar-refractivity contribution in [3.05, 3.63) is 68.6 Å². The summed E-state index contributed by atoms with van der Waals surface area (Å²) in [5, 5.41) is 11.4. The molecule has 1 aliphatic rings. The normalized spacial score (nSPS) is 12.7. The molecule has 0 spiro atoms. The third-order valence-electron chi connectivity index (χ3n) is 4.30. The van der Waals surface area contributed by atoms with Crippen molar-refractivity contribution >= 4 is 28.4 Å². The van der Waals surface area contributed by atoms with E-state index in [2.05, 4.69) is 22.1 Å². The van der Waals surface area contributed by atoms with Gasteiger partial charge in [0.2, 0.25) is 5.13 Å². The first-order chi connectivity index (χ1) is 12.6. The van der Waals surface area contributed by atoms with Gasteiger partial charge < -0.3 is 4.74 Å². The fourth-order valence-electron chi connectivity index (χ4n) is 2.97. The molecule has 1 aromatic heterocycles. The second-order valence-corrected chi connectivity index (χ2v) is 6.96. The van der Waals surface area contributed by atoms with Gasteiger partial charge in [0.1, 0.15) is 5.75 Å². The lowest BCUT2D eigenvalue weighted by atomic mass is 9.93. The van der Waals surface area contributed by atoms with Crippen LogP contribution in [0.2, 0.25) is 0 Å². The molecule has 0 amide bonds. The molecule has 6 nitrogen and oxygen atoms in total. The SMILES string of the molecule is COc1ccc2c(c1)CCc1sc(/N=C/c3ccc([N+](=O)[O-])cc3)nc1-2. The van der Waals surface area contributed by atoms with Crippen LogP contribution in [0.4, 0.5) is 10.8 Å². The average molecular weight is 365 g/mol. The summed E-state index contributed by atoms with van der Waals surface area (Å²) in [6.07, 6.45) is 3.59. The van der Waals surface area contributed by atoms with E-state index in [1.54, 1.807) is 36.8 Å². The number of aryl methyl sites for hydroxylation is 2. The minimum absolute atomic E-state index is 0.0684. The molecule has 130 valence electrons. The number of thiazole rings is 1. The number of hydrogen-bond donors (Lipinski definition) is 0. The number of hydrogen-bond acceptors (Lipinski definition) is 6. The van der Waals surface area contributed by atoms with Gasteiger partial charge in [-0.25, -0.2) is 9.98 Å². The maximum Gasteiger partial charge on any atom is 0.269 e. The Labute approximate surface area is 154 Å². The number of non-ortho nitro benzene ring substituents is 1. The Kier molecular flexibility index (Phi) is 4.22. The highest BCUT2D eigenvalue weighted by molar-refractivity contribution is 7.15. The van der Waals surface area contributed by atoms with Crippen LogP contribution in [0.25, 0.3) is 11.3 Å². The molecule has 0 saturated heterocycles. The highest BCUT2D eigenvalue weighted by Gasteiger charge is 2.21. The van der Waals surface area contributed by atoms with Gasteiger partial charge in [-0.3, -0.25) is 10.1 Å². The van der Waals surface area contributed by atoms with Crippen molar-refractivity contribution in [2.24, 2.45) is 4.99 Å². The summed E-state index contributed by atoms with van der Waals surface area (Å²) in [6.45, 7) is 0. The third-order valence-corrected chi connectivity index (χ3v) is 5.33. The number of benzene rings is 2. The Morgan fingerprint density at radius 1 is 1.23 bits per heavy atom. The number of nitrogens with zero attached hydrogens (tertiary/aromatic N) is 3. The van der Waals surface area contributed by atoms with Crippen molar-refractivity contribution in [2.45, 2.75) is 12.8 Å². The van der Waals surface area contributed by atoms with Crippen LogP contribution in [0, 0.1) is 10.1 Å². The molecule has 1 heterocycles. The van der Waals surface area contributed by atoms with E-state index in [0.29, 0.717) is 5.13 Å². The molecule has 0 saturated carbocycles. The van der Waals surface area contributed by atoms with Crippen molar-refractivity contribution in [3.8, 4) is 17.0 Å². The average Bonchev–Trinajstić information content (AvgIpc) is 3.09. The van der Waals surface area contributed by atoms with Gasteiger partial charge in [0.05, 0.1) is 17.7 Å². The maximum absolute atomic E-state index is 10.7. The van der Waals surface area contributed by atoms with Crippen LogP contribution in [-0.4, -0.2) is 23.2 Å². The quantitative estimate of drug-likeness (QED) is 0.385. The first-order valence-electron chi connectivity index (χ1n) is 8.09. The van der Waals surface area contributed by atoms with Gasteiger partial charge in [-0.1, -0.05) is 11.3 Å². The van der Waals surface area contributed by atoms with E-state index in [0.717, 1.165) is 35.4 Å². The molecular weight excluding hydrogens is 350 g/mol. The van der Waals surface area contributed by atoms with E-state index in [4.69, 9.17) is 4.74 Å². The predicted molar refractivity (Wildman–Crippen MR) is 102 cm³/mol. The van der Waals surface area contributed by atoms with Gasteiger partial charge in [0.15, 0.2) is 0 Å². The molecule has 0 atom stereocenters. The minimum atomic E-state index is -0.414. The smallest absolute Gasteiger partial charge is 0.269 e. The first-order valence-corrected chi connectivity index (χ1v) is 8.91. The lowest BCUT2D eigenvalue weighted by Gasteiger charge is -2.15. The van der Waals surface area contributed by atoms with Crippen LogP contribution in [0.15, 0.2) is 47.5 Å². The minimum Gasteiger partial charge on any atom is -0.497 e. The largest absolute Gasteiger partial charge is 0.497 e. The van der Waals surface area contributed by atoms with Crippen LogP contribution in [-0.2, 0) is 12.8 Å². The lowest BCUT2D eigenvalue weighted by molar-refractivity contribution is -0.384. The molecule has 0 bridgehead atoms. The highest BCUT2D eigenvalue weighted by Crippen LogP contribution is 2.40. The lowest BCUT2D eigenvalue weighted by Crippen LogP contribution is -2.02. The van der Waals surface area contributed by atoms with E-state index in [1.165, 1.54) is 22.6 Å². The number of methoxy groups -OCH3 is 1. The summed E-state index contributed by atoms with van der Waals surface area (Å²) in [7, 11) is 1.67. The van der Waals surface area contributed by atoms with Crippen molar-refractivity contribution in [1.29, 1.82) is 0 Å². The maximum atomic E-state index is 10.7. The van der Waals surface area contributed by atoms with E-state index in [9.17, 15) is 10.1 Å². The Balaban J connectivity index is 1.60. The zero-order chi connectivity index (χ0) is 18.1. The molecule has 3 aromatic rings. The fourth-order valence-corrected chi connectivity index (χ4v) is 3.89. The number of aliphatic imine (C=N–C) groups is 1. The molecule has 0 unspecified atom stereocenters. The molecule has 0 aliphatic heterocycles. The zero-order valence-corrected chi connectivity index (χ0v) is 14.8. The van der Waals surface area contributed by atoms with Gasteiger partial charge in [0.25, 0.3) is 5.69 Å². The van der Waals surface area contributed by atoms with E-state index in [1.807, 2.05) is 6.07 Å². The molecule has 0 radical (unpaired) electrons. The summed E-state index contributed by atoms with van der Waals surface area (Å²) in [6, 6.07) is 12.4. The Morgan fingerprint density at radius 3 is 2.77 bits per heavy atom. The summed E-state index contributed by atoms with van der Waals surface area (Å²) in [4.78, 5) is 20.7. The van der Waals surface area contributed by atoms with Crippen LogP contribution < -0.4 is 4.74 Å². The van der Waals surface area contributed by atoms with Gasteiger partial charge in [-0.2, -0.15) is 0 Å². The predicted octanol–water partition coefficient (Wildman–Crippen LogP) is 4.58. The number of ether oxygens (including phenoxy) is 1.